The highest BCUT2D eigenvalue weighted by Gasteiger charge is 2.25. The van der Waals surface area contributed by atoms with E-state index < -0.39 is 12.0 Å². The van der Waals surface area contributed by atoms with Crippen molar-refractivity contribution in [3.8, 4) is 0 Å². The van der Waals surface area contributed by atoms with E-state index in [0.717, 1.165) is 31.2 Å². The van der Waals surface area contributed by atoms with Crippen LogP contribution in [0.15, 0.2) is 24.3 Å². The third kappa shape index (κ3) is 5.17. The summed E-state index contributed by atoms with van der Waals surface area (Å²) in [6.45, 7) is 6.36. The minimum atomic E-state index is -1.14. The molecule has 24 heavy (non-hydrogen) atoms. The molecule has 0 bridgehead atoms. The Kier molecular flexibility index (Phi) is 6.16. The zero-order valence-electron chi connectivity index (χ0n) is 15.0. The molecule has 0 amide bonds. The maximum absolute atomic E-state index is 12.5. The largest absolute Gasteiger partial charge is 0.544 e. The molecule has 4 nitrogen and oxygen atoms in total. The van der Waals surface area contributed by atoms with Crippen molar-refractivity contribution in [2.75, 3.05) is 0 Å². The van der Waals surface area contributed by atoms with Gasteiger partial charge in [-0.2, -0.15) is 0 Å². The molecule has 2 rings (SSSR count). The number of aliphatic carboxylic acids is 1. The minimum Gasteiger partial charge on any atom is -0.544 e. The molecule has 0 saturated heterocycles. The molecule has 0 unspecified atom stereocenters. The Labute approximate surface area is 144 Å². The van der Waals surface area contributed by atoms with Crippen LogP contribution in [0.1, 0.15) is 75.2 Å². The molecular weight excluding hydrogens is 302 g/mol. The molecule has 1 aliphatic rings. The molecule has 0 radical (unpaired) electrons. The van der Waals surface area contributed by atoms with Gasteiger partial charge in [-0.15, -0.1) is 0 Å². The van der Waals surface area contributed by atoms with Crippen molar-refractivity contribution >= 4 is 11.8 Å². The van der Waals surface area contributed by atoms with Crippen LogP contribution in [0.2, 0.25) is 0 Å². The maximum Gasteiger partial charge on any atom is 0.169 e. The van der Waals surface area contributed by atoms with Gasteiger partial charge in [0.1, 0.15) is 6.04 Å². The van der Waals surface area contributed by atoms with Gasteiger partial charge >= 0.3 is 0 Å². The molecule has 0 aliphatic heterocycles. The van der Waals surface area contributed by atoms with Gasteiger partial charge in [-0.1, -0.05) is 51.5 Å². The van der Waals surface area contributed by atoms with E-state index in [1.165, 1.54) is 6.42 Å². The van der Waals surface area contributed by atoms with Crippen molar-refractivity contribution in [2.45, 2.75) is 76.8 Å². The number of nitrogens with two attached hydrogens (primary N) is 1. The first-order valence-electron chi connectivity index (χ1n) is 8.97. The number of Topliss-reactive ketones (excluding diaryl/α,β-unsaturated/α-hetero) is 1. The normalized spacial score (nSPS) is 17.5. The van der Waals surface area contributed by atoms with Crippen LogP contribution in [0.25, 0.3) is 0 Å². The van der Waals surface area contributed by atoms with Gasteiger partial charge in [0.15, 0.2) is 5.78 Å². The fourth-order valence-corrected chi connectivity index (χ4v) is 3.36. The molecule has 1 aromatic carbocycles. The SMILES string of the molecule is CC(C)(C)c1ccc(C(=O)C[C@@H]([NH2+]C2CCCCC2)C(=O)[O-])cc1. The second-order valence-corrected chi connectivity index (χ2v) is 7.97. The first-order valence-corrected chi connectivity index (χ1v) is 8.97. The smallest absolute Gasteiger partial charge is 0.169 e. The first-order chi connectivity index (χ1) is 11.3. The Bertz CT molecular complexity index is 566. The monoisotopic (exact) mass is 331 g/mol. The van der Waals surface area contributed by atoms with Crippen LogP contribution in [-0.2, 0) is 10.2 Å². The predicted octanol–water partition coefficient (Wildman–Crippen LogP) is 1.57. The molecule has 0 spiro atoms. The number of carboxylic acids is 1. The summed E-state index contributed by atoms with van der Waals surface area (Å²) < 4.78 is 0. The number of carbonyl (C=O) groups is 2. The van der Waals surface area contributed by atoms with E-state index in [1.807, 2.05) is 17.4 Å². The van der Waals surface area contributed by atoms with Crippen LogP contribution in [0.5, 0.6) is 0 Å². The molecular formula is C20H29NO3. The highest BCUT2D eigenvalue weighted by Crippen LogP contribution is 2.22. The Hall–Kier alpha value is -1.68. The number of quaternary nitrogens is 1. The highest BCUT2D eigenvalue weighted by molar-refractivity contribution is 5.98. The Morgan fingerprint density at radius 2 is 1.71 bits per heavy atom. The van der Waals surface area contributed by atoms with Crippen LogP contribution >= 0.6 is 0 Å². The topological polar surface area (TPSA) is 73.8 Å². The summed E-state index contributed by atoms with van der Waals surface area (Å²) in [5.74, 6) is -1.27. The minimum absolute atomic E-state index is 0.00625. The van der Waals surface area contributed by atoms with Crippen LogP contribution in [0, 0.1) is 0 Å². The third-order valence-corrected chi connectivity index (χ3v) is 4.94. The molecule has 1 atom stereocenters. The predicted molar refractivity (Wildman–Crippen MR) is 91.7 cm³/mol. The number of ketones is 1. The lowest BCUT2D eigenvalue weighted by Crippen LogP contribution is -2.97. The molecule has 1 saturated carbocycles. The standard InChI is InChI=1S/C20H29NO3/c1-20(2,3)15-11-9-14(10-12-15)18(22)13-17(19(23)24)21-16-7-5-4-6-8-16/h9-12,16-17,21H,4-8,13H2,1-3H3,(H,23,24)/t17-/m1/s1. The summed E-state index contributed by atoms with van der Waals surface area (Å²) in [4.78, 5) is 23.9. The number of carbonyl (C=O) groups excluding carboxylic acids is 2. The summed E-state index contributed by atoms with van der Waals surface area (Å²) in [6, 6.07) is 7.02. The first kappa shape index (κ1) is 18.7. The number of hydrogen-bond acceptors (Lipinski definition) is 3. The quantitative estimate of drug-likeness (QED) is 0.804. The van der Waals surface area contributed by atoms with Gasteiger partial charge in [0, 0.05) is 5.56 Å². The second-order valence-electron chi connectivity index (χ2n) is 7.97. The van der Waals surface area contributed by atoms with E-state index in [4.69, 9.17) is 0 Å². The lowest BCUT2D eigenvalue weighted by atomic mass is 9.86. The fraction of sp³-hybridized carbons (Fsp3) is 0.600. The van der Waals surface area contributed by atoms with E-state index in [9.17, 15) is 14.7 Å². The number of hydrogen-bond donors (Lipinski definition) is 1. The summed E-state index contributed by atoms with van der Waals surface area (Å²) >= 11 is 0. The van der Waals surface area contributed by atoms with Crippen molar-refractivity contribution in [1.82, 2.24) is 0 Å². The average molecular weight is 331 g/mol. The lowest BCUT2D eigenvalue weighted by Gasteiger charge is -2.25. The van der Waals surface area contributed by atoms with Gasteiger partial charge < -0.3 is 15.2 Å². The van der Waals surface area contributed by atoms with Crippen molar-refractivity contribution in [3.05, 3.63) is 35.4 Å². The van der Waals surface area contributed by atoms with Crippen LogP contribution in [0.4, 0.5) is 0 Å². The van der Waals surface area contributed by atoms with Crippen molar-refractivity contribution in [3.63, 3.8) is 0 Å². The fourth-order valence-electron chi connectivity index (χ4n) is 3.36. The average Bonchev–Trinajstić information content (AvgIpc) is 2.54. The van der Waals surface area contributed by atoms with E-state index in [2.05, 4.69) is 20.8 Å². The number of rotatable bonds is 6. The zero-order valence-corrected chi connectivity index (χ0v) is 15.0. The van der Waals surface area contributed by atoms with Gasteiger partial charge in [0.25, 0.3) is 0 Å². The number of benzene rings is 1. The van der Waals surface area contributed by atoms with Crippen molar-refractivity contribution in [2.24, 2.45) is 0 Å². The van der Waals surface area contributed by atoms with Gasteiger partial charge in [-0.3, -0.25) is 4.79 Å². The van der Waals surface area contributed by atoms with Crippen molar-refractivity contribution < 1.29 is 20.0 Å². The maximum atomic E-state index is 12.5. The zero-order chi connectivity index (χ0) is 17.7. The molecule has 4 heteroatoms. The lowest BCUT2D eigenvalue weighted by molar-refractivity contribution is -0.716. The van der Waals surface area contributed by atoms with E-state index >= 15 is 0 Å². The molecule has 0 heterocycles. The number of carboxylic acid groups (broad SMARTS) is 1. The van der Waals surface area contributed by atoms with E-state index in [0.29, 0.717) is 11.6 Å². The molecule has 2 N–H and O–H groups in total. The molecule has 0 aromatic heterocycles. The molecule has 1 aromatic rings. The van der Waals surface area contributed by atoms with Crippen LogP contribution in [0.3, 0.4) is 0 Å². The summed E-state index contributed by atoms with van der Waals surface area (Å²) in [5, 5.41) is 13.3. The summed E-state index contributed by atoms with van der Waals surface area (Å²) in [5.41, 5.74) is 1.76. The highest BCUT2D eigenvalue weighted by atomic mass is 16.4. The summed E-state index contributed by atoms with van der Waals surface area (Å²) in [6.07, 6.45) is 5.55. The van der Waals surface area contributed by atoms with Crippen LogP contribution in [-0.4, -0.2) is 23.8 Å². The Morgan fingerprint density at radius 3 is 2.21 bits per heavy atom. The van der Waals surface area contributed by atoms with E-state index in [-0.39, 0.29) is 17.6 Å². The Balaban J connectivity index is 2.00. The molecule has 1 fully saturated rings. The summed E-state index contributed by atoms with van der Waals surface area (Å²) in [7, 11) is 0. The molecule has 132 valence electrons. The Morgan fingerprint density at radius 1 is 1.12 bits per heavy atom. The van der Waals surface area contributed by atoms with Gasteiger partial charge in [-0.05, 0) is 36.7 Å². The van der Waals surface area contributed by atoms with E-state index in [1.54, 1.807) is 12.1 Å². The third-order valence-electron chi connectivity index (χ3n) is 4.94. The van der Waals surface area contributed by atoms with Gasteiger partial charge in [0.2, 0.25) is 0 Å². The second kappa shape index (κ2) is 7.93. The van der Waals surface area contributed by atoms with Crippen molar-refractivity contribution in [1.29, 1.82) is 0 Å². The van der Waals surface area contributed by atoms with Gasteiger partial charge in [-0.25, -0.2) is 0 Å². The molecule has 1 aliphatic carbocycles. The van der Waals surface area contributed by atoms with Gasteiger partial charge in [0.05, 0.1) is 18.4 Å². The van der Waals surface area contributed by atoms with Crippen LogP contribution < -0.4 is 10.4 Å².